The Morgan fingerprint density at radius 1 is 1.07 bits per heavy atom. The van der Waals surface area contributed by atoms with E-state index in [0.717, 1.165) is 11.3 Å². The van der Waals surface area contributed by atoms with Gasteiger partial charge < -0.3 is 9.64 Å². The SMILES string of the molecule is COC(=O)c1ccc2c(c1)CCN2C(=O)C1CCCN1S(=O)(=O)c1ccccc1. The highest BCUT2D eigenvalue weighted by Crippen LogP contribution is 2.33. The number of methoxy groups -OCH3 is 1. The number of rotatable bonds is 4. The van der Waals surface area contributed by atoms with Crippen molar-refractivity contribution in [1.29, 1.82) is 0 Å². The molecule has 1 fully saturated rings. The summed E-state index contributed by atoms with van der Waals surface area (Å²) in [5.74, 6) is -0.639. The van der Waals surface area contributed by atoms with Gasteiger partial charge in [0.05, 0.1) is 17.6 Å². The first kappa shape index (κ1) is 19.6. The van der Waals surface area contributed by atoms with Crippen LogP contribution in [0.15, 0.2) is 53.4 Å². The second-order valence-corrected chi connectivity index (χ2v) is 9.05. The molecule has 8 heteroatoms. The Kier molecular flexibility index (Phi) is 5.14. The lowest BCUT2D eigenvalue weighted by atomic mass is 10.1. The molecule has 0 aromatic heterocycles. The van der Waals surface area contributed by atoms with Gasteiger partial charge in [0.1, 0.15) is 6.04 Å². The van der Waals surface area contributed by atoms with Crippen molar-refractivity contribution >= 4 is 27.6 Å². The van der Waals surface area contributed by atoms with Crippen LogP contribution in [0.2, 0.25) is 0 Å². The molecular formula is C21H22N2O5S. The minimum atomic E-state index is -3.74. The third-order valence-electron chi connectivity index (χ3n) is 5.50. The van der Waals surface area contributed by atoms with Crippen LogP contribution >= 0.6 is 0 Å². The Labute approximate surface area is 169 Å². The second kappa shape index (κ2) is 7.61. The molecule has 0 N–H and O–H groups in total. The molecule has 0 spiro atoms. The maximum absolute atomic E-state index is 13.3. The number of nitrogens with zero attached hydrogens (tertiary/aromatic N) is 2. The molecule has 4 rings (SSSR count). The van der Waals surface area contributed by atoms with E-state index < -0.39 is 22.0 Å². The number of carbonyl (C=O) groups excluding carboxylic acids is 2. The van der Waals surface area contributed by atoms with Crippen molar-refractivity contribution in [2.24, 2.45) is 0 Å². The van der Waals surface area contributed by atoms with Gasteiger partial charge in [0, 0.05) is 18.8 Å². The molecule has 1 amide bonds. The molecule has 7 nitrogen and oxygen atoms in total. The molecule has 2 heterocycles. The number of amides is 1. The predicted octanol–water partition coefficient (Wildman–Crippen LogP) is 2.22. The Morgan fingerprint density at radius 3 is 2.55 bits per heavy atom. The van der Waals surface area contributed by atoms with Crippen LogP contribution in [0, 0.1) is 0 Å². The lowest BCUT2D eigenvalue weighted by Crippen LogP contribution is -2.47. The summed E-state index contributed by atoms with van der Waals surface area (Å²) in [7, 11) is -2.41. The summed E-state index contributed by atoms with van der Waals surface area (Å²) in [5, 5.41) is 0. The fourth-order valence-electron chi connectivity index (χ4n) is 4.06. The lowest BCUT2D eigenvalue weighted by molar-refractivity contribution is -0.121. The molecule has 2 aliphatic rings. The summed E-state index contributed by atoms with van der Waals surface area (Å²) < 4.78 is 32.2. The molecule has 1 saturated heterocycles. The number of carbonyl (C=O) groups is 2. The molecule has 152 valence electrons. The number of fused-ring (bicyclic) bond motifs is 1. The van der Waals surface area contributed by atoms with Gasteiger partial charge in [-0.2, -0.15) is 4.31 Å². The summed E-state index contributed by atoms with van der Waals surface area (Å²) in [6.07, 6.45) is 1.76. The van der Waals surface area contributed by atoms with Crippen LogP contribution in [0.25, 0.3) is 0 Å². The van der Waals surface area contributed by atoms with Crippen molar-refractivity contribution < 1.29 is 22.7 Å². The fraction of sp³-hybridized carbons (Fsp3) is 0.333. The van der Waals surface area contributed by atoms with E-state index in [9.17, 15) is 18.0 Å². The minimum Gasteiger partial charge on any atom is -0.465 e. The third kappa shape index (κ3) is 3.42. The van der Waals surface area contributed by atoms with E-state index in [1.165, 1.54) is 11.4 Å². The van der Waals surface area contributed by atoms with Gasteiger partial charge in [-0.3, -0.25) is 4.79 Å². The second-order valence-electron chi connectivity index (χ2n) is 7.16. The smallest absolute Gasteiger partial charge is 0.337 e. The molecule has 1 unspecified atom stereocenters. The molecule has 2 aromatic carbocycles. The quantitative estimate of drug-likeness (QED) is 0.717. The number of hydrogen-bond acceptors (Lipinski definition) is 5. The van der Waals surface area contributed by atoms with Crippen molar-refractivity contribution in [2.75, 3.05) is 25.1 Å². The molecule has 2 aromatic rings. The summed E-state index contributed by atoms with van der Waals surface area (Å²) in [5.41, 5.74) is 2.05. The van der Waals surface area contributed by atoms with E-state index in [4.69, 9.17) is 4.74 Å². The average Bonchev–Trinajstić information content (AvgIpc) is 3.40. The molecule has 0 bridgehead atoms. The number of ether oxygens (including phenoxy) is 1. The van der Waals surface area contributed by atoms with Crippen molar-refractivity contribution in [2.45, 2.75) is 30.2 Å². The molecule has 29 heavy (non-hydrogen) atoms. The van der Waals surface area contributed by atoms with Crippen LogP contribution in [0.4, 0.5) is 5.69 Å². The van der Waals surface area contributed by atoms with Gasteiger partial charge in [-0.15, -0.1) is 0 Å². The van der Waals surface area contributed by atoms with E-state index >= 15 is 0 Å². The van der Waals surface area contributed by atoms with Crippen LogP contribution < -0.4 is 4.90 Å². The normalized spacial score (nSPS) is 19.2. The number of hydrogen-bond donors (Lipinski definition) is 0. The number of sulfonamides is 1. The van der Waals surface area contributed by atoms with Gasteiger partial charge in [0.15, 0.2) is 0 Å². The van der Waals surface area contributed by atoms with E-state index in [-0.39, 0.29) is 10.8 Å². The molecule has 0 saturated carbocycles. The zero-order valence-corrected chi connectivity index (χ0v) is 16.9. The predicted molar refractivity (Wildman–Crippen MR) is 107 cm³/mol. The highest BCUT2D eigenvalue weighted by Gasteiger charge is 2.42. The molecule has 2 aliphatic heterocycles. The minimum absolute atomic E-state index is 0.198. The van der Waals surface area contributed by atoms with Gasteiger partial charge in [-0.25, -0.2) is 13.2 Å². The maximum atomic E-state index is 13.3. The van der Waals surface area contributed by atoms with Gasteiger partial charge in [-0.05, 0) is 55.2 Å². The summed E-state index contributed by atoms with van der Waals surface area (Å²) in [4.78, 5) is 26.9. The highest BCUT2D eigenvalue weighted by atomic mass is 32.2. The van der Waals surface area contributed by atoms with Crippen molar-refractivity contribution in [3.63, 3.8) is 0 Å². The van der Waals surface area contributed by atoms with E-state index in [0.29, 0.717) is 37.9 Å². The largest absolute Gasteiger partial charge is 0.465 e. The summed E-state index contributed by atoms with van der Waals surface area (Å²) in [6.45, 7) is 0.796. The summed E-state index contributed by atoms with van der Waals surface area (Å²) >= 11 is 0. The Hall–Kier alpha value is -2.71. The number of anilines is 1. The van der Waals surface area contributed by atoms with Gasteiger partial charge in [0.25, 0.3) is 0 Å². The summed E-state index contributed by atoms with van der Waals surface area (Å²) in [6, 6.07) is 12.6. The Morgan fingerprint density at radius 2 is 1.83 bits per heavy atom. The average molecular weight is 414 g/mol. The molecule has 0 aliphatic carbocycles. The van der Waals surface area contributed by atoms with Gasteiger partial charge in [0.2, 0.25) is 15.9 Å². The van der Waals surface area contributed by atoms with Crippen LogP contribution in [0.3, 0.4) is 0 Å². The van der Waals surface area contributed by atoms with E-state index in [2.05, 4.69) is 0 Å². The fourth-order valence-corrected chi connectivity index (χ4v) is 5.73. The van der Waals surface area contributed by atoms with Crippen molar-refractivity contribution in [1.82, 2.24) is 4.31 Å². The van der Waals surface area contributed by atoms with Crippen molar-refractivity contribution in [3.05, 3.63) is 59.7 Å². The zero-order chi connectivity index (χ0) is 20.6. The monoisotopic (exact) mass is 414 g/mol. The Balaban J connectivity index is 1.60. The van der Waals surface area contributed by atoms with Crippen LogP contribution in [0.5, 0.6) is 0 Å². The van der Waals surface area contributed by atoms with E-state index in [1.807, 2.05) is 0 Å². The first-order valence-corrected chi connectivity index (χ1v) is 11.0. The highest BCUT2D eigenvalue weighted by molar-refractivity contribution is 7.89. The molecular weight excluding hydrogens is 392 g/mol. The lowest BCUT2D eigenvalue weighted by Gasteiger charge is -2.27. The topological polar surface area (TPSA) is 84.0 Å². The standard InChI is InChI=1S/C21H22N2O5S/c1-28-21(25)16-9-10-18-15(14-16)11-13-22(18)20(24)19-8-5-12-23(19)29(26,27)17-6-3-2-4-7-17/h2-4,6-7,9-10,14,19H,5,8,11-13H2,1H3. The first-order valence-electron chi connectivity index (χ1n) is 9.53. The van der Waals surface area contributed by atoms with Crippen LogP contribution in [0.1, 0.15) is 28.8 Å². The van der Waals surface area contributed by atoms with Crippen molar-refractivity contribution in [3.8, 4) is 0 Å². The Bertz CT molecular complexity index is 1050. The number of benzene rings is 2. The third-order valence-corrected chi connectivity index (χ3v) is 7.42. The number of esters is 1. The zero-order valence-electron chi connectivity index (χ0n) is 16.1. The maximum Gasteiger partial charge on any atom is 0.337 e. The van der Waals surface area contributed by atoms with E-state index in [1.54, 1.807) is 53.4 Å². The van der Waals surface area contributed by atoms with Crippen LogP contribution in [-0.4, -0.2) is 50.8 Å². The molecule has 1 atom stereocenters. The van der Waals surface area contributed by atoms with Gasteiger partial charge >= 0.3 is 5.97 Å². The van der Waals surface area contributed by atoms with Crippen LogP contribution in [-0.2, 0) is 26.0 Å². The molecule has 0 radical (unpaired) electrons. The van der Waals surface area contributed by atoms with Gasteiger partial charge in [-0.1, -0.05) is 18.2 Å². The first-order chi connectivity index (χ1) is 13.9.